The van der Waals surface area contributed by atoms with Crippen LogP contribution in [0.1, 0.15) is 26.7 Å². The molecule has 2 rings (SSSR count). The zero-order chi connectivity index (χ0) is 21.6. The standard InChI is InChI=1S/C20H27N3O6/c1-12(2)8-15(20(26)29-5)22-18(24)6-7-23-11-21-14-10-17(28-4)16(27-3)9-13(14)19(23)25/h9-12,15H,6-8H2,1-5H3,(H,22,24)/t15-/m0/s1. The van der Waals surface area contributed by atoms with Gasteiger partial charge in [-0.25, -0.2) is 9.78 Å². The van der Waals surface area contributed by atoms with E-state index in [1.54, 1.807) is 12.1 Å². The van der Waals surface area contributed by atoms with E-state index in [9.17, 15) is 14.4 Å². The second-order valence-corrected chi connectivity index (χ2v) is 6.99. The zero-order valence-electron chi connectivity index (χ0n) is 17.4. The maximum Gasteiger partial charge on any atom is 0.328 e. The van der Waals surface area contributed by atoms with Crippen LogP contribution in [0, 0.1) is 5.92 Å². The minimum absolute atomic E-state index is 0.0198. The summed E-state index contributed by atoms with van der Waals surface area (Å²) < 4.78 is 16.6. The number of benzene rings is 1. The summed E-state index contributed by atoms with van der Waals surface area (Å²) in [7, 11) is 4.27. The van der Waals surface area contributed by atoms with Crippen molar-refractivity contribution in [2.24, 2.45) is 5.92 Å². The van der Waals surface area contributed by atoms with Crippen LogP contribution < -0.4 is 20.3 Å². The highest BCUT2D eigenvalue weighted by molar-refractivity contribution is 5.84. The molecule has 0 unspecified atom stereocenters. The Morgan fingerprint density at radius 2 is 1.79 bits per heavy atom. The van der Waals surface area contributed by atoms with E-state index in [-0.39, 0.29) is 30.3 Å². The van der Waals surface area contributed by atoms with Crippen LogP contribution in [0.5, 0.6) is 11.5 Å². The SMILES string of the molecule is COC(=O)[C@H](CC(C)C)NC(=O)CCn1cnc2cc(OC)c(OC)cc2c1=O. The molecule has 1 atom stereocenters. The largest absolute Gasteiger partial charge is 0.493 e. The molecule has 158 valence electrons. The van der Waals surface area contributed by atoms with E-state index in [4.69, 9.17) is 14.2 Å². The molecule has 0 radical (unpaired) electrons. The molecule has 9 heteroatoms. The lowest BCUT2D eigenvalue weighted by Crippen LogP contribution is -2.42. The van der Waals surface area contributed by atoms with Crippen LogP contribution in [0.2, 0.25) is 0 Å². The minimum atomic E-state index is -0.712. The number of methoxy groups -OCH3 is 3. The van der Waals surface area contributed by atoms with E-state index >= 15 is 0 Å². The molecule has 1 N–H and O–H groups in total. The summed E-state index contributed by atoms with van der Waals surface area (Å²) in [5.41, 5.74) is 0.173. The first-order valence-electron chi connectivity index (χ1n) is 9.29. The number of aryl methyl sites for hydroxylation is 1. The Balaban J connectivity index is 2.15. The highest BCUT2D eigenvalue weighted by Crippen LogP contribution is 2.29. The number of amides is 1. The van der Waals surface area contributed by atoms with Crippen LogP contribution in [0.15, 0.2) is 23.3 Å². The van der Waals surface area contributed by atoms with Gasteiger partial charge in [0.25, 0.3) is 5.56 Å². The number of rotatable bonds is 9. The van der Waals surface area contributed by atoms with E-state index < -0.39 is 12.0 Å². The van der Waals surface area contributed by atoms with Crippen molar-refractivity contribution in [1.82, 2.24) is 14.9 Å². The molecule has 1 amide bonds. The molecule has 0 bridgehead atoms. The molecule has 2 aromatic rings. The lowest BCUT2D eigenvalue weighted by Gasteiger charge is -2.18. The first kappa shape index (κ1) is 22.2. The summed E-state index contributed by atoms with van der Waals surface area (Å²) in [5, 5.41) is 3.03. The fraction of sp³-hybridized carbons (Fsp3) is 0.500. The topological polar surface area (TPSA) is 109 Å². The fourth-order valence-corrected chi connectivity index (χ4v) is 2.96. The number of esters is 1. The Bertz CT molecular complexity index is 938. The fourth-order valence-electron chi connectivity index (χ4n) is 2.96. The molecule has 0 aliphatic carbocycles. The number of carbonyl (C=O) groups is 2. The number of aromatic nitrogens is 2. The third-order valence-corrected chi connectivity index (χ3v) is 4.44. The van der Waals surface area contributed by atoms with Crippen LogP contribution >= 0.6 is 0 Å². The van der Waals surface area contributed by atoms with Gasteiger partial charge in [0.1, 0.15) is 6.04 Å². The highest BCUT2D eigenvalue weighted by atomic mass is 16.5. The number of fused-ring (bicyclic) bond motifs is 1. The van der Waals surface area contributed by atoms with Gasteiger partial charge in [0.2, 0.25) is 5.91 Å². The summed E-state index contributed by atoms with van der Waals surface area (Å²) in [5.74, 6) is 0.267. The normalized spacial score (nSPS) is 11.9. The van der Waals surface area contributed by atoms with Crippen molar-refractivity contribution in [3.63, 3.8) is 0 Å². The van der Waals surface area contributed by atoms with Crippen LogP contribution in [0.25, 0.3) is 10.9 Å². The Kier molecular flexibility index (Phi) is 7.58. The highest BCUT2D eigenvalue weighted by Gasteiger charge is 2.22. The van der Waals surface area contributed by atoms with Crippen LogP contribution in [0.4, 0.5) is 0 Å². The van der Waals surface area contributed by atoms with Crippen molar-refractivity contribution >= 4 is 22.8 Å². The second-order valence-electron chi connectivity index (χ2n) is 6.99. The van der Waals surface area contributed by atoms with E-state index in [0.29, 0.717) is 28.8 Å². The third kappa shape index (κ3) is 5.46. The summed E-state index contributed by atoms with van der Waals surface area (Å²) in [6.45, 7) is 4.02. The van der Waals surface area contributed by atoms with Gasteiger partial charge in [-0.1, -0.05) is 13.8 Å². The number of hydrogen-bond donors (Lipinski definition) is 1. The molecular weight excluding hydrogens is 378 g/mol. The van der Waals surface area contributed by atoms with Crippen molar-refractivity contribution in [1.29, 1.82) is 0 Å². The van der Waals surface area contributed by atoms with Gasteiger partial charge in [-0.15, -0.1) is 0 Å². The number of ether oxygens (including phenoxy) is 3. The van der Waals surface area contributed by atoms with Crippen LogP contribution in [0.3, 0.4) is 0 Å². The third-order valence-electron chi connectivity index (χ3n) is 4.44. The first-order chi connectivity index (χ1) is 13.8. The van der Waals surface area contributed by atoms with Gasteiger partial charge in [0.05, 0.1) is 38.6 Å². The summed E-state index contributed by atoms with van der Waals surface area (Å²) >= 11 is 0. The smallest absolute Gasteiger partial charge is 0.328 e. The first-order valence-corrected chi connectivity index (χ1v) is 9.29. The Morgan fingerprint density at radius 1 is 1.14 bits per heavy atom. The molecule has 0 saturated heterocycles. The van der Waals surface area contributed by atoms with E-state index in [1.807, 2.05) is 13.8 Å². The zero-order valence-corrected chi connectivity index (χ0v) is 17.4. The van der Waals surface area contributed by atoms with Gasteiger partial charge < -0.3 is 19.5 Å². The molecule has 0 fully saturated rings. The number of nitrogens with one attached hydrogen (secondary N) is 1. The average Bonchev–Trinajstić information content (AvgIpc) is 2.70. The van der Waals surface area contributed by atoms with Crippen molar-refractivity contribution < 1.29 is 23.8 Å². The molecule has 1 heterocycles. The maximum absolute atomic E-state index is 12.8. The quantitative estimate of drug-likeness (QED) is 0.630. The predicted octanol–water partition coefficient (Wildman–Crippen LogP) is 1.51. The van der Waals surface area contributed by atoms with Gasteiger partial charge in [-0.2, -0.15) is 0 Å². The van der Waals surface area contributed by atoms with E-state index in [1.165, 1.54) is 32.2 Å². The lowest BCUT2D eigenvalue weighted by molar-refractivity contribution is -0.145. The van der Waals surface area contributed by atoms with Gasteiger partial charge in [-0.3, -0.25) is 14.2 Å². The molecule has 29 heavy (non-hydrogen) atoms. The number of nitrogens with zero attached hydrogens (tertiary/aromatic N) is 2. The second kappa shape index (κ2) is 9.90. The predicted molar refractivity (Wildman–Crippen MR) is 107 cm³/mol. The molecule has 0 aliphatic heterocycles. The van der Waals surface area contributed by atoms with Crippen LogP contribution in [-0.4, -0.2) is 48.8 Å². The van der Waals surface area contributed by atoms with E-state index in [0.717, 1.165) is 0 Å². The number of carbonyl (C=O) groups excluding carboxylic acids is 2. The summed E-state index contributed by atoms with van der Waals surface area (Å²) in [6, 6.07) is 2.48. The molecule has 0 saturated carbocycles. The summed E-state index contributed by atoms with van der Waals surface area (Å²) in [6.07, 6.45) is 1.87. The lowest BCUT2D eigenvalue weighted by atomic mass is 10.0. The molecular formula is C20H27N3O6. The van der Waals surface area contributed by atoms with E-state index in [2.05, 4.69) is 10.3 Å². The number of hydrogen-bond acceptors (Lipinski definition) is 7. The van der Waals surface area contributed by atoms with Crippen molar-refractivity contribution in [2.45, 2.75) is 39.3 Å². The van der Waals surface area contributed by atoms with Gasteiger partial charge in [-0.05, 0) is 18.4 Å². The van der Waals surface area contributed by atoms with Crippen molar-refractivity contribution in [2.75, 3.05) is 21.3 Å². The minimum Gasteiger partial charge on any atom is -0.493 e. The Labute approximate surface area is 169 Å². The van der Waals surface area contributed by atoms with Crippen molar-refractivity contribution in [3.05, 3.63) is 28.8 Å². The molecule has 1 aromatic carbocycles. The monoisotopic (exact) mass is 405 g/mol. The Hall–Kier alpha value is -3.10. The van der Waals surface area contributed by atoms with Crippen molar-refractivity contribution in [3.8, 4) is 11.5 Å². The molecule has 0 aliphatic rings. The van der Waals surface area contributed by atoms with Gasteiger partial charge >= 0.3 is 5.97 Å². The molecule has 0 spiro atoms. The maximum atomic E-state index is 12.8. The molecule has 9 nitrogen and oxygen atoms in total. The summed E-state index contributed by atoms with van der Waals surface area (Å²) in [4.78, 5) is 41.2. The van der Waals surface area contributed by atoms with Gasteiger partial charge in [0.15, 0.2) is 11.5 Å². The Morgan fingerprint density at radius 3 is 2.38 bits per heavy atom. The average molecular weight is 405 g/mol. The van der Waals surface area contributed by atoms with Crippen LogP contribution in [-0.2, 0) is 20.9 Å². The molecule has 1 aromatic heterocycles. The van der Waals surface area contributed by atoms with Gasteiger partial charge in [0, 0.05) is 19.0 Å².